The van der Waals surface area contributed by atoms with Crippen LogP contribution in [0.25, 0.3) is 0 Å². The lowest BCUT2D eigenvalue weighted by molar-refractivity contribution is 0.281. The van der Waals surface area contributed by atoms with E-state index in [4.69, 9.17) is 5.11 Å². The Kier molecular flexibility index (Phi) is 3.97. The van der Waals surface area contributed by atoms with Crippen molar-refractivity contribution >= 4 is 0 Å². The van der Waals surface area contributed by atoms with E-state index in [-0.39, 0.29) is 6.61 Å². The summed E-state index contributed by atoms with van der Waals surface area (Å²) in [6.07, 6.45) is 4.15. The molecule has 1 aromatic carbocycles. The first-order valence-electron chi connectivity index (χ1n) is 6.20. The van der Waals surface area contributed by atoms with E-state index < -0.39 is 0 Å². The molecule has 1 unspecified atom stereocenters. The van der Waals surface area contributed by atoms with Crippen LogP contribution in [0, 0.1) is 5.92 Å². The smallest absolute Gasteiger partial charge is 0.0681 e. The van der Waals surface area contributed by atoms with E-state index in [1.165, 1.54) is 24.8 Å². The predicted octanol–water partition coefficient (Wildman–Crippen LogP) is 2.46. The number of hydrogen-bond acceptors (Lipinski definition) is 2. The van der Waals surface area contributed by atoms with E-state index in [1.54, 1.807) is 0 Å². The highest BCUT2D eigenvalue weighted by Gasteiger charge is 2.23. The van der Waals surface area contributed by atoms with Crippen LogP contribution in [-0.4, -0.2) is 11.1 Å². The van der Waals surface area contributed by atoms with E-state index in [2.05, 4.69) is 24.4 Å². The van der Waals surface area contributed by atoms with Crippen LogP contribution in [0.15, 0.2) is 24.3 Å². The van der Waals surface area contributed by atoms with Gasteiger partial charge in [-0.15, -0.1) is 0 Å². The number of benzene rings is 1. The molecule has 0 radical (unpaired) electrons. The van der Waals surface area contributed by atoms with Crippen molar-refractivity contribution in [3.8, 4) is 0 Å². The average Bonchev–Trinajstić information content (AvgIpc) is 3.10. The molecule has 0 heterocycles. The van der Waals surface area contributed by atoms with Gasteiger partial charge < -0.3 is 10.4 Å². The molecule has 1 saturated carbocycles. The van der Waals surface area contributed by atoms with Crippen molar-refractivity contribution in [1.29, 1.82) is 0 Å². The van der Waals surface area contributed by atoms with Crippen LogP contribution in [0.5, 0.6) is 0 Å². The fourth-order valence-corrected chi connectivity index (χ4v) is 2.07. The average molecular weight is 219 g/mol. The van der Waals surface area contributed by atoms with Gasteiger partial charge in [-0.1, -0.05) is 37.1 Å². The summed E-state index contributed by atoms with van der Waals surface area (Å²) in [5.74, 6) is 0.978. The zero-order valence-corrected chi connectivity index (χ0v) is 9.95. The van der Waals surface area contributed by atoms with E-state index in [0.29, 0.717) is 6.04 Å². The molecule has 2 nitrogen and oxygen atoms in total. The van der Waals surface area contributed by atoms with E-state index in [9.17, 15) is 0 Å². The lowest BCUT2D eigenvalue weighted by Gasteiger charge is -2.13. The Morgan fingerprint density at radius 3 is 2.81 bits per heavy atom. The van der Waals surface area contributed by atoms with Crippen LogP contribution in [0.2, 0.25) is 0 Å². The van der Waals surface area contributed by atoms with Crippen LogP contribution >= 0.6 is 0 Å². The van der Waals surface area contributed by atoms with Gasteiger partial charge in [-0.2, -0.15) is 0 Å². The molecule has 16 heavy (non-hydrogen) atoms. The summed E-state index contributed by atoms with van der Waals surface area (Å²) >= 11 is 0. The topological polar surface area (TPSA) is 32.3 Å². The van der Waals surface area contributed by atoms with Crippen LogP contribution in [0.4, 0.5) is 0 Å². The number of hydrogen-bond donors (Lipinski definition) is 2. The van der Waals surface area contributed by atoms with Gasteiger partial charge in [0.1, 0.15) is 0 Å². The van der Waals surface area contributed by atoms with Crippen molar-refractivity contribution in [1.82, 2.24) is 5.32 Å². The molecule has 1 fully saturated rings. The molecular weight excluding hydrogens is 198 g/mol. The van der Waals surface area contributed by atoms with Gasteiger partial charge >= 0.3 is 0 Å². The van der Waals surface area contributed by atoms with Crippen LogP contribution < -0.4 is 5.32 Å². The molecule has 0 aromatic heterocycles. The summed E-state index contributed by atoms with van der Waals surface area (Å²) in [5.41, 5.74) is 2.25. The Hall–Kier alpha value is -0.860. The molecule has 2 heteroatoms. The normalized spacial score (nSPS) is 17.4. The Labute approximate surface area is 97.7 Å². The molecule has 1 aliphatic carbocycles. The van der Waals surface area contributed by atoms with Crippen LogP contribution in [0.3, 0.4) is 0 Å². The molecule has 1 aliphatic rings. The highest BCUT2D eigenvalue weighted by molar-refractivity contribution is 5.22. The summed E-state index contributed by atoms with van der Waals surface area (Å²) < 4.78 is 0. The maximum Gasteiger partial charge on any atom is 0.0681 e. The number of rotatable bonds is 6. The van der Waals surface area contributed by atoms with E-state index in [0.717, 1.165) is 18.0 Å². The summed E-state index contributed by atoms with van der Waals surface area (Å²) in [4.78, 5) is 0. The maximum atomic E-state index is 9.05. The van der Waals surface area contributed by atoms with E-state index in [1.807, 2.05) is 12.1 Å². The molecule has 0 saturated heterocycles. The van der Waals surface area contributed by atoms with Crippen molar-refractivity contribution in [2.24, 2.45) is 5.92 Å². The van der Waals surface area contributed by atoms with Gasteiger partial charge in [0.2, 0.25) is 0 Å². The van der Waals surface area contributed by atoms with Crippen LogP contribution in [0.1, 0.15) is 37.3 Å². The minimum atomic E-state index is 0.130. The van der Waals surface area contributed by atoms with E-state index >= 15 is 0 Å². The quantitative estimate of drug-likeness (QED) is 0.770. The molecule has 1 atom stereocenters. The fraction of sp³-hybridized carbons (Fsp3) is 0.571. The molecule has 0 bridgehead atoms. The minimum absolute atomic E-state index is 0.130. The molecule has 0 aliphatic heterocycles. The largest absolute Gasteiger partial charge is 0.392 e. The third kappa shape index (κ3) is 3.62. The van der Waals surface area contributed by atoms with Crippen LogP contribution in [-0.2, 0) is 13.2 Å². The zero-order valence-electron chi connectivity index (χ0n) is 9.95. The maximum absolute atomic E-state index is 9.05. The molecular formula is C14H21NO. The summed E-state index contributed by atoms with van der Waals surface area (Å²) in [6, 6.07) is 8.74. The predicted molar refractivity (Wildman–Crippen MR) is 66.0 cm³/mol. The lowest BCUT2D eigenvalue weighted by Crippen LogP contribution is -2.25. The fourth-order valence-electron chi connectivity index (χ4n) is 2.07. The van der Waals surface area contributed by atoms with Crippen molar-refractivity contribution in [2.75, 3.05) is 0 Å². The second-order valence-electron chi connectivity index (χ2n) is 4.94. The first-order valence-corrected chi connectivity index (χ1v) is 6.20. The highest BCUT2D eigenvalue weighted by Crippen LogP contribution is 2.33. The Bertz CT molecular complexity index is 333. The molecule has 0 spiro atoms. The highest BCUT2D eigenvalue weighted by atomic mass is 16.3. The summed E-state index contributed by atoms with van der Waals surface area (Å²) in [5, 5.41) is 12.6. The van der Waals surface area contributed by atoms with Gasteiger partial charge in [-0.05, 0) is 30.4 Å². The summed E-state index contributed by atoms with van der Waals surface area (Å²) in [7, 11) is 0. The number of nitrogens with one attached hydrogen (secondary N) is 1. The second kappa shape index (κ2) is 5.46. The minimum Gasteiger partial charge on any atom is -0.392 e. The van der Waals surface area contributed by atoms with Crippen molar-refractivity contribution < 1.29 is 5.11 Å². The molecule has 0 amide bonds. The monoisotopic (exact) mass is 219 g/mol. The molecule has 88 valence electrons. The first kappa shape index (κ1) is 11.6. The molecule has 1 aromatic rings. The Morgan fingerprint density at radius 1 is 1.38 bits per heavy atom. The number of aliphatic hydroxyl groups excluding tert-OH is 1. The van der Waals surface area contributed by atoms with Gasteiger partial charge in [-0.25, -0.2) is 0 Å². The SMILES string of the molecule is CC(CC1CC1)NCc1cccc(CO)c1. The van der Waals surface area contributed by atoms with Gasteiger partial charge in [0.05, 0.1) is 6.61 Å². The lowest BCUT2D eigenvalue weighted by atomic mass is 10.1. The first-order chi connectivity index (χ1) is 7.78. The Balaban J connectivity index is 1.78. The van der Waals surface area contributed by atoms with Crippen molar-refractivity contribution in [3.05, 3.63) is 35.4 Å². The van der Waals surface area contributed by atoms with Crippen molar-refractivity contribution in [3.63, 3.8) is 0 Å². The molecule has 2 N–H and O–H groups in total. The van der Waals surface area contributed by atoms with Crippen molar-refractivity contribution in [2.45, 2.75) is 45.4 Å². The third-order valence-electron chi connectivity index (χ3n) is 3.21. The summed E-state index contributed by atoms with van der Waals surface area (Å²) in [6.45, 7) is 3.29. The van der Waals surface area contributed by atoms with Gasteiger partial charge in [0.15, 0.2) is 0 Å². The third-order valence-corrected chi connectivity index (χ3v) is 3.21. The molecule has 2 rings (SSSR count). The zero-order chi connectivity index (χ0) is 11.4. The standard InChI is InChI=1S/C14H21NO/c1-11(7-12-5-6-12)15-9-13-3-2-4-14(8-13)10-16/h2-4,8,11-12,15-16H,5-7,9-10H2,1H3. The van der Waals surface area contributed by atoms with Gasteiger partial charge in [0.25, 0.3) is 0 Å². The second-order valence-corrected chi connectivity index (χ2v) is 4.94. The Morgan fingerprint density at radius 2 is 2.12 bits per heavy atom. The number of aliphatic hydroxyl groups is 1. The van der Waals surface area contributed by atoms with Gasteiger partial charge in [-0.3, -0.25) is 0 Å². The van der Waals surface area contributed by atoms with Gasteiger partial charge in [0, 0.05) is 12.6 Å².